The van der Waals surface area contributed by atoms with E-state index in [0.717, 1.165) is 39.1 Å². The number of hydrogen-bond acceptors (Lipinski definition) is 6. The van der Waals surface area contributed by atoms with Crippen molar-refractivity contribution >= 4 is 32.4 Å². The van der Waals surface area contributed by atoms with Crippen LogP contribution in [0.15, 0.2) is 121 Å². The highest BCUT2D eigenvalue weighted by atomic mass is 28.4. The van der Waals surface area contributed by atoms with Gasteiger partial charge in [0.05, 0.1) is 0 Å². The van der Waals surface area contributed by atoms with E-state index in [4.69, 9.17) is 13.9 Å². The first kappa shape index (κ1) is 42.7. The molecule has 5 rings (SSSR count). The molecule has 8 nitrogen and oxygen atoms in total. The van der Waals surface area contributed by atoms with Crippen LogP contribution in [-0.2, 0) is 25.5 Å². The van der Waals surface area contributed by atoms with Crippen LogP contribution in [0, 0.1) is 0 Å². The second-order valence-electron chi connectivity index (χ2n) is 16.7. The van der Waals surface area contributed by atoms with E-state index >= 15 is 0 Å². The molecule has 1 aliphatic rings. The number of hydrogen-bond donors (Lipinski definition) is 2. The van der Waals surface area contributed by atoms with Gasteiger partial charge in [-0.2, -0.15) is 0 Å². The Balaban J connectivity index is 1.38. The number of allylic oxidation sites excluding steroid dienone is 1. The molecule has 300 valence electrons. The Hall–Kier alpha value is -5.41. The third-order valence-electron chi connectivity index (χ3n) is 10.5. The normalized spacial score (nSPS) is 13.7. The number of nitrogens with one attached hydrogen (secondary N) is 2. The van der Waals surface area contributed by atoms with Crippen LogP contribution in [0.2, 0.25) is 16.6 Å². The van der Waals surface area contributed by atoms with E-state index in [1.54, 1.807) is 26.8 Å². The molecule has 0 radical (unpaired) electrons. The summed E-state index contributed by atoms with van der Waals surface area (Å²) in [6.07, 6.45) is 4.07. The molecular formula is C48H58N2O6Si. The summed E-state index contributed by atoms with van der Waals surface area (Å²) >= 11 is 0. The largest absolute Gasteiger partial charge is 0.543 e. The van der Waals surface area contributed by atoms with E-state index in [0.29, 0.717) is 22.3 Å². The molecule has 0 saturated carbocycles. The van der Waals surface area contributed by atoms with Crippen molar-refractivity contribution in [2.24, 2.45) is 0 Å². The molecule has 0 fully saturated rings. The fraction of sp³-hybridized carbons (Fsp3) is 0.354. The topological polar surface area (TPSA) is 103 Å². The van der Waals surface area contributed by atoms with E-state index in [2.05, 4.69) is 76.4 Å². The number of alkyl carbamates (subject to hydrolysis) is 1. The zero-order valence-electron chi connectivity index (χ0n) is 34.8. The second-order valence-corrected chi connectivity index (χ2v) is 22.0. The summed E-state index contributed by atoms with van der Waals surface area (Å²) in [5.74, 6) is -0.357. The molecule has 1 aliphatic carbocycles. The number of rotatable bonds is 15. The number of carbonyl (C=O) groups excluding carboxylic acids is 3. The molecular weight excluding hydrogens is 729 g/mol. The lowest BCUT2D eigenvalue weighted by atomic mass is 9.98. The Labute approximate surface area is 339 Å². The molecule has 2 N–H and O–H groups in total. The molecule has 4 aromatic carbocycles. The fourth-order valence-corrected chi connectivity index (χ4v) is 13.3. The first-order valence-corrected chi connectivity index (χ1v) is 22.1. The number of esters is 1. The highest BCUT2D eigenvalue weighted by Crippen LogP contribution is 2.45. The van der Waals surface area contributed by atoms with E-state index < -0.39 is 37.9 Å². The van der Waals surface area contributed by atoms with E-state index in [1.165, 1.54) is 12.2 Å². The van der Waals surface area contributed by atoms with Crippen LogP contribution in [0.3, 0.4) is 0 Å². The van der Waals surface area contributed by atoms with Gasteiger partial charge in [-0.25, -0.2) is 9.59 Å². The number of fused-ring (bicyclic) bond motifs is 3. The van der Waals surface area contributed by atoms with Gasteiger partial charge in [0.25, 0.3) is 8.32 Å². The molecule has 0 unspecified atom stereocenters. The summed E-state index contributed by atoms with van der Waals surface area (Å²) < 4.78 is 18.2. The molecule has 0 spiro atoms. The van der Waals surface area contributed by atoms with Crippen LogP contribution in [0.25, 0.3) is 17.2 Å². The first-order valence-electron chi connectivity index (χ1n) is 20.0. The molecule has 1 atom stereocenters. The van der Waals surface area contributed by atoms with Crippen molar-refractivity contribution in [2.45, 2.75) is 103 Å². The zero-order chi connectivity index (χ0) is 41.3. The highest BCUT2D eigenvalue weighted by molar-refractivity contribution is 6.78. The smallest absolute Gasteiger partial charge is 0.407 e. The zero-order valence-corrected chi connectivity index (χ0v) is 35.8. The van der Waals surface area contributed by atoms with Crippen LogP contribution in [0.5, 0.6) is 5.75 Å². The van der Waals surface area contributed by atoms with Crippen molar-refractivity contribution in [3.63, 3.8) is 0 Å². The summed E-state index contributed by atoms with van der Waals surface area (Å²) in [5, 5.41) is 5.79. The molecule has 4 aromatic rings. The summed E-state index contributed by atoms with van der Waals surface area (Å²) in [6, 6.07) is 32.5. The molecule has 0 aliphatic heterocycles. The molecule has 0 aromatic heterocycles. The number of amides is 2. The van der Waals surface area contributed by atoms with Gasteiger partial charge in [0.1, 0.15) is 24.0 Å². The lowest BCUT2D eigenvalue weighted by Crippen LogP contribution is -2.50. The van der Waals surface area contributed by atoms with Crippen molar-refractivity contribution in [2.75, 3.05) is 6.61 Å². The number of benzene rings is 4. The van der Waals surface area contributed by atoms with Crippen LogP contribution < -0.4 is 15.1 Å². The van der Waals surface area contributed by atoms with E-state index in [9.17, 15) is 14.4 Å². The Bertz CT molecular complexity index is 2000. The van der Waals surface area contributed by atoms with Gasteiger partial charge in [-0.1, -0.05) is 133 Å². The quantitative estimate of drug-likeness (QED) is 0.0538. The van der Waals surface area contributed by atoms with Crippen LogP contribution >= 0.6 is 0 Å². The Kier molecular flexibility index (Phi) is 14.0. The number of carbonyl (C=O) groups is 3. The van der Waals surface area contributed by atoms with Gasteiger partial charge in [0, 0.05) is 24.1 Å². The minimum absolute atomic E-state index is 0.109. The third-order valence-corrected chi connectivity index (χ3v) is 16.5. The monoisotopic (exact) mass is 786 g/mol. The fourth-order valence-electron chi connectivity index (χ4n) is 8.06. The van der Waals surface area contributed by atoms with E-state index in [-0.39, 0.29) is 18.9 Å². The van der Waals surface area contributed by atoms with Crippen molar-refractivity contribution < 1.29 is 28.3 Å². The maximum atomic E-state index is 14.2. The second kappa shape index (κ2) is 18.7. The van der Waals surface area contributed by atoms with Gasteiger partial charge in [-0.15, -0.1) is 0 Å². The van der Waals surface area contributed by atoms with Gasteiger partial charge in [0.15, 0.2) is 0 Å². The highest BCUT2D eigenvalue weighted by Gasteiger charge is 2.47. The predicted molar refractivity (Wildman–Crippen MR) is 231 cm³/mol. The molecule has 2 amide bonds. The standard InChI is InChI=1S/C48H58N2O6Si/c1-32(2)57(33(3)4,34(5)6)56-38-26-23-36(24-27-38)29-37(25-28-45(51)55-48(7,8)9)49-46(52)44(30-35-17-11-10-12-18-35)50-47(53)54-31-43-41-21-15-13-19-39(41)40-20-14-16-22-42(40)43/h10-29,32-34,43-44H,30-31H2,1-9H3,(H,49,52)(H,50,53)/b28-25+,37-29-/t44-/m0/s1. The average Bonchev–Trinajstić information content (AvgIpc) is 3.48. The Morgan fingerprint density at radius 2 is 1.26 bits per heavy atom. The minimum atomic E-state index is -2.17. The molecule has 9 heteroatoms. The van der Waals surface area contributed by atoms with Gasteiger partial charge >= 0.3 is 12.1 Å². The lowest BCUT2D eigenvalue weighted by Gasteiger charge is -2.42. The molecule has 0 saturated heterocycles. The van der Waals surface area contributed by atoms with Crippen molar-refractivity contribution in [1.29, 1.82) is 0 Å². The molecule has 57 heavy (non-hydrogen) atoms. The maximum Gasteiger partial charge on any atom is 0.407 e. The predicted octanol–water partition coefficient (Wildman–Crippen LogP) is 10.7. The van der Waals surface area contributed by atoms with Crippen LogP contribution in [-0.4, -0.2) is 44.5 Å². The summed E-state index contributed by atoms with van der Waals surface area (Å²) in [6.45, 7) is 19.0. The van der Waals surface area contributed by atoms with Gasteiger partial charge in [0.2, 0.25) is 5.91 Å². The van der Waals surface area contributed by atoms with Crippen molar-refractivity contribution in [1.82, 2.24) is 10.6 Å². The van der Waals surface area contributed by atoms with Crippen LogP contribution in [0.1, 0.15) is 90.5 Å². The van der Waals surface area contributed by atoms with Gasteiger partial charge in [-0.05, 0) is 95.1 Å². The minimum Gasteiger partial charge on any atom is -0.543 e. The SMILES string of the molecule is CC(C)[Si](Oc1ccc(/C=C(/C=C/C(=O)OC(C)(C)C)NC(=O)[C@H](Cc2ccccc2)NC(=O)OCC2c3ccccc3-c3ccccc32)cc1)(C(C)C)C(C)C. The molecule has 0 heterocycles. The summed E-state index contributed by atoms with van der Waals surface area (Å²) in [7, 11) is -2.17. The first-order chi connectivity index (χ1) is 27.1. The van der Waals surface area contributed by atoms with Crippen molar-refractivity contribution in [3.05, 3.63) is 143 Å². The Morgan fingerprint density at radius 1 is 0.719 bits per heavy atom. The Morgan fingerprint density at radius 3 is 1.81 bits per heavy atom. The summed E-state index contributed by atoms with van der Waals surface area (Å²) in [4.78, 5) is 40.4. The number of ether oxygens (including phenoxy) is 2. The van der Waals surface area contributed by atoms with Crippen molar-refractivity contribution in [3.8, 4) is 16.9 Å². The third kappa shape index (κ3) is 10.9. The average molecular weight is 787 g/mol. The van der Waals surface area contributed by atoms with Crippen LogP contribution in [0.4, 0.5) is 4.79 Å². The lowest BCUT2D eigenvalue weighted by molar-refractivity contribution is -0.148. The van der Waals surface area contributed by atoms with Gasteiger partial charge in [-0.3, -0.25) is 4.79 Å². The summed E-state index contributed by atoms with van der Waals surface area (Å²) in [5.41, 5.74) is 6.97. The van der Waals surface area contributed by atoms with E-state index in [1.807, 2.05) is 78.9 Å². The molecule has 0 bridgehead atoms. The van der Waals surface area contributed by atoms with Gasteiger partial charge < -0.3 is 24.5 Å². The maximum absolute atomic E-state index is 14.2.